The molecule has 2 aromatic rings. The summed E-state index contributed by atoms with van der Waals surface area (Å²) in [5.41, 5.74) is 1.62. The van der Waals surface area contributed by atoms with Crippen molar-refractivity contribution in [3.63, 3.8) is 0 Å². The Morgan fingerprint density at radius 1 is 1.43 bits per heavy atom. The van der Waals surface area contributed by atoms with E-state index < -0.39 is 6.10 Å². The summed E-state index contributed by atoms with van der Waals surface area (Å²) in [5, 5.41) is 8.52. The van der Waals surface area contributed by atoms with Crippen LogP contribution in [0.15, 0.2) is 29.6 Å². The second kappa shape index (κ2) is 6.78. The lowest BCUT2D eigenvalue weighted by atomic mass is 10.1. The number of para-hydroxylation sites is 2. The van der Waals surface area contributed by atoms with E-state index in [1.165, 1.54) is 0 Å². The number of nitrogens with one attached hydrogen (secondary N) is 2. The van der Waals surface area contributed by atoms with Crippen LogP contribution < -0.4 is 15.4 Å². The predicted molar refractivity (Wildman–Crippen MR) is 87.7 cm³/mol. The molecule has 6 nitrogen and oxygen atoms in total. The Hall–Kier alpha value is -2.41. The zero-order valence-electron chi connectivity index (χ0n) is 12.7. The van der Waals surface area contributed by atoms with Crippen LogP contribution in [0.3, 0.4) is 0 Å². The molecular formula is C16H17N3O3S. The first-order valence-electron chi connectivity index (χ1n) is 7.36. The molecule has 1 aliphatic rings. The molecule has 7 heteroatoms. The monoisotopic (exact) mass is 331 g/mol. The van der Waals surface area contributed by atoms with Gasteiger partial charge in [0.25, 0.3) is 5.91 Å². The molecule has 1 atom stereocenters. The van der Waals surface area contributed by atoms with Gasteiger partial charge in [0.2, 0.25) is 5.91 Å². The van der Waals surface area contributed by atoms with Gasteiger partial charge in [0.05, 0.1) is 17.1 Å². The smallest absolute Gasteiger partial charge is 0.266 e. The summed E-state index contributed by atoms with van der Waals surface area (Å²) in [5.74, 6) is 0.0790. The number of hydrogen-bond acceptors (Lipinski definition) is 5. The number of carbonyl (C=O) groups excluding carboxylic acids is 2. The fraction of sp³-hybridized carbons (Fsp3) is 0.312. The molecule has 23 heavy (non-hydrogen) atoms. The van der Waals surface area contributed by atoms with Crippen molar-refractivity contribution in [1.29, 1.82) is 0 Å². The van der Waals surface area contributed by atoms with Gasteiger partial charge in [0.15, 0.2) is 6.10 Å². The molecule has 0 fully saturated rings. The summed E-state index contributed by atoms with van der Waals surface area (Å²) in [6, 6.07) is 7.17. The number of fused-ring (bicyclic) bond motifs is 1. The number of aryl methyl sites for hydroxylation is 1. The first kappa shape index (κ1) is 15.5. The number of aromatic nitrogens is 1. The highest BCUT2D eigenvalue weighted by Crippen LogP contribution is 2.29. The molecule has 120 valence electrons. The van der Waals surface area contributed by atoms with E-state index in [0.29, 0.717) is 24.4 Å². The maximum absolute atomic E-state index is 12.0. The summed E-state index contributed by atoms with van der Waals surface area (Å²) >= 11 is 1.58. The molecule has 0 radical (unpaired) electrons. The zero-order valence-corrected chi connectivity index (χ0v) is 13.5. The van der Waals surface area contributed by atoms with Crippen molar-refractivity contribution >= 4 is 28.8 Å². The van der Waals surface area contributed by atoms with Crippen LogP contribution >= 0.6 is 11.3 Å². The number of rotatable bonds is 5. The molecule has 0 bridgehead atoms. The number of carbonyl (C=O) groups is 2. The Balaban J connectivity index is 1.49. The van der Waals surface area contributed by atoms with Crippen LogP contribution in [0.2, 0.25) is 0 Å². The average molecular weight is 331 g/mol. The molecule has 0 aliphatic carbocycles. The fourth-order valence-corrected chi connectivity index (χ4v) is 3.07. The second-order valence-electron chi connectivity index (χ2n) is 5.28. The van der Waals surface area contributed by atoms with Crippen molar-refractivity contribution in [2.45, 2.75) is 25.9 Å². The van der Waals surface area contributed by atoms with Crippen molar-refractivity contribution < 1.29 is 14.3 Å². The largest absolute Gasteiger partial charge is 0.478 e. The number of thiazole rings is 1. The molecule has 2 amide bonds. The molecule has 1 aliphatic heterocycles. The number of benzene rings is 1. The molecule has 0 unspecified atom stereocenters. The van der Waals surface area contributed by atoms with Gasteiger partial charge in [0.1, 0.15) is 5.75 Å². The molecule has 2 heterocycles. The SMILES string of the molecule is Cc1csc(CCNC(=O)C[C@@H]2Oc3ccccc3NC2=O)n1. The third-order valence-corrected chi connectivity index (χ3v) is 4.43. The maximum atomic E-state index is 12.0. The van der Waals surface area contributed by atoms with Gasteiger partial charge in [-0.25, -0.2) is 4.98 Å². The lowest BCUT2D eigenvalue weighted by Gasteiger charge is -2.25. The van der Waals surface area contributed by atoms with E-state index in [2.05, 4.69) is 15.6 Å². The standard InChI is InChI=1S/C16H17N3O3S/c1-10-9-23-15(18-10)6-7-17-14(20)8-13-16(21)19-11-4-2-3-5-12(11)22-13/h2-5,9,13H,6-8H2,1H3,(H,17,20)(H,19,21)/t13-/m0/s1. The zero-order chi connectivity index (χ0) is 16.2. The number of anilines is 1. The molecular weight excluding hydrogens is 314 g/mol. The summed E-state index contributed by atoms with van der Waals surface area (Å²) < 4.78 is 5.60. The van der Waals surface area contributed by atoms with E-state index in [1.807, 2.05) is 24.4 Å². The lowest BCUT2D eigenvalue weighted by Crippen LogP contribution is -2.41. The average Bonchev–Trinajstić information content (AvgIpc) is 2.93. The van der Waals surface area contributed by atoms with Crippen LogP contribution in [-0.4, -0.2) is 29.4 Å². The Bertz CT molecular complexity index is 729. The van der Waals surface area contributed by atoms with Crippen LogP contribution in [-0.2, 0) is 16.0 Å². The van der Waals surface area contributed by atoms with Crippen molar-refractivity contribution in [2.24, 2.45) is 0 Å². The van der Waals surface area contributed by atoms with E-state index >= 15 is 0 Å². The molecule has 2 N–H and O–H groups in total. The first-order valence-corrected chi connectivity index (χ1v) is 8.24. The highest BCUT2D eigenvalue weighted by molar-refractivity contribution is 7.09. The minimum Gasteiger partial charge on any atom is -0.478 e. The van der Waals surface area contributed by atoms with E-state index in [4.69, 9.17) is 4.74 Å². The number of nitrogens with zero attached hydrogens (tertiary/aromatic N) is 1. The molecule has 3 rings (SSSR count). The molecule has 0 saturated heterocycles. The minimum absolute atomic E-state index is 0.00291. The number of ether oxygens (including phenoxy) is 1. The lowest BCUT2D eigenvalue weighted by molar-refractivity contribution is -0.130. The van der Waals surface area contributed by atoms with Crippen LogP contribution in [0, 0.1) is 6.92 Å². The fourth-order valence-electron chi connectivity index (χ4n) is 2.29. The first-order chi connectivity index (χ1) is 11.1. The van der Waals surface area contributed by atoms with E-state index in [-0.39, 0.29) is 18.2 Å². The molecule has 1 aromatic carbocycles. The summed E-state index contributed by atoms with van der Waals surface area (Å²) in [4.78, 5) is 28.3. The van der Waals surface area contributed by atoms with Gasteiger partial charge in [-0.2, -0.15) is 0 Å². The highest BCUT2D eigenvalue weighted by Gasteiger charge is 2.29. The summed E-state index contributed by atoms with van der Waals surface area (Å²) in [6.07, 6.45) is -0.117. The van der Waals surface area contributed by atoms with Crippen LogP contribution in [0.5, 0.6) is 5.75 Å². The van der Waals surface area contributed by atoms with Gasteiger partial charge < -0.3 is 15.4 Å². The van der Waals surface area contributed by atoms with E-state index in [0.717, 1.165) is 10.7 Å². The van der Waals surface area contributed by atoms with E-state index in [9.17, 15) is 9.59 Å². The molecule has 1 aromatic heterocycles. The quantitative estimate of drug-likeness (QED) is 0.877. The number of amides is 2. The third-order valence-electron chi connectivity index (χ3n) is 3.40. The number of hydrogen-bond donors (Lipinski definition) is 2. The van der Waals surface area contributed by atoms with Gasteiger partial charge >= 0.3 is 0 Å². The Labute approximate surface area is 137 Å². The second-order valence-corrected chi connectivity index (χ2v) is 6.22. The van der Waals surface area contributed by atoms with Crippen molar-refractivity contribution in [2.75, 3.05) is 11.9 Å². The van der Waals surface area contributed by atoms with Gasteiger partial charge in [-0.15, -0.1) is 11.3 Å². The predicted octanol–water partition coefficient (Wildman–Crippen LogP) is 1.90. The van der Waals surface area contributed by atoms with Gasteiger partial charge in [-0.1, -0.05) is 12.1 Å². The summed E-state index contributed by atoms with van der Waals surface area (Å²) in [7, 11) is 0. The Kier molecular flexibility index (Phi) is 4.57. The van der Waals surface area contributed by atoms with E-state index in [1.54, 1.807) is 23.5 Å². The van der Waals surface area contributed by atoms with Gasteiger partial charge in [0, 0.05) is 24.0 Å². The van der Waals surface area contributed by atoms with Crippen molar-refractivity contribution in [3.8, 4) is 5.75 Å². The maximum Gasteiger partial charge on any atom is 0.266 e. The van der Waals surface area contributed by atoms with Crippen LogP contribution in [0.1, 0.15) is 17.1 Å². The van der Waals surface area contributed by atoms with Crippen LogP contribution in [0.25, 0.3) is 0 Å². The van der Waals surface area contributed by atoms with Crippen molar-refractivity contribution in [3.05, 3.63) is 40.3 Å². The van der Waals surface area contributed by atoms with Gasteiger partial charge in [-0.3, -0.25) is 9.59 Å². The molecule has 0 saturated carbocycles. The van der Waals surface area contributed by atoms with Crippen molar-refractivity contribution in [1.82, 2.24) is 10.3 Å². The Morgan fingerprint density at radius 3 is 3.04 bits per heavy atom. The van der Waals surface area contributed by atoms with Gasteiger partial charge in [-0.05, 0) is 19.1 Å². The molecule has 0 spiro atoms. The third kappa shape index (κ3) is 3.87. The minimum atomic E-state index is -0.799. The topological polar surface area (TPSA) is 80.3 Å². The summed E-state index contributed by atoms with van der Waals surface area (Å²) in [6.45, 7) is 2.44. The normalized spacial score (nSPS) is 16.2. The highest BCUT2D eigenvalue weighted by atomic mass is 32.1. The van der Waals surface area contributed by atoms with Crippen LogP contribution in [0.4, 0.5) is 5.69 Å². The Morgan fingerprint density at radius 2 is 2.26 bits per heavy atom.